The number of benzene rings is 1. The molecule has 0 amide bonds. The molecule has 0 aliphatic rings. The first-order valence-corrected chi connectivity index (χ1v) is 4.92. The normalized spacial score (nSPS) is 10.7. The van der Waals surface area contributed by atoms with Gasteiger partial charge in [-0.05, 0) is 17.4 Å². The van der Waals surface area contributed by atoms with E-state index in [4.69, 9.17) is 5.73 Å². The molecule has 1 aromatic carbocycles. The van der Waals surface area contributed by atoms with E-state index in [0.29, 0.717) is 6.54 Å². The molecule has 0 saturated carbocycles. The van der Waals surface area contributed by atoms with Gasteiger partial charge in [0.2, 0.25) is 0 Å². The van der Waals surface area contributed by atoms with Crippen molar-refractivity contribution in [3.05, 3.63) is 41.7 Å². The Morgan fingerprint density at radius 1 is 1.29 bits per heavy atom. The van der Waals surface area contributed by atoms with Gasteiger partial charge in [0.1, 0.15) is 0 Å². The summed E-state index contributed by atoms with van der Waals surface area (Å²) >= 11 is 0. The molecule has 2 aromatic rings. The number of nitrogens with zero attached hydrogens (tertiary/aromatic N) is 1. The van der Waals surface area contributed by atoms with E-state index in [-0.39, 0.29) is 0 Å². The lowest BCUT2D eigenvalue weighted by Crippen LogP contribution is -2.04. The lowest BCUT2D eigenvalue weighted by molar-refractivity contribution is 0.948. The second kappa shape index (κ2) is 3.76. The van der Waals surface area contributed by atoms with Crippen molar-refractivity contribution in [2.45, 2.75) is 19.9 Å². The molecule has 1 heterocycles. The van der Waals surface area contributed by atoms with Gasteiger partial charge in [-0.2, -0.15) is 0 Å². The lowest BCUT2D eigenvalue weighted by atomic mass is 10.0. The molecule has 14 heavy (non-hydrogen) atoms. The summed E-state index contributed by atoms with van der Waals surface area (Å²) in [5, 5.41) is 2.48. The smallest absolute Gasteiger partial charge is 0.0577 e. The summed E-state index contributed by atoms with van der Waals surface area (Å²) in [7, 11) is 0. The van der Waals surface area contributed by atoms with Gasteiger partial charge in [-0.3, -0.25) is 4.98 Å². The summed E-state index contributed by atoms with van der Waals surface area (Å²) in [6.07, 6.45) is 2.89. The van der Waals surface area contributed by atoms with Gasteiger partial charge >= 0.3 is 0 Å². The zero-order chi connectivity index (χ0) is 9.97. The van der Waals surface area contributed by atoms with Crippen molar-refractivity contribution in [2.75, 3.05) is 0 Å². The maximum absolute atomic E-state index is 5.65. The summed E-state index contributed by atoms with van der Waals surface area (Å²) in [6, 6.07) is 8.31. The summed E-state index contributed by atoms with van der Waals surface area (Å²) in [5.41, 5.74) is 7.96. The van der Waals surface area contributed by atoms with Crippen molar-refractivity contribution >= 4 is 10.8 Å². The van der Waals surface area contributed by atoms with Crippen LogP contribution in [0.1, 0.15) is 18.2 Å². The number of hydrogen-bond donors (Lipinski definition) is 1. The number of rotatable bonds is 2. The predicted molar refractivity (Wildman–Crippen MR) is 59.0 cm³/mol. The zero-order valence-electron chi connectivity index (χ0n) is 8.33. The first-order valence-electron chi connectivity index (χ1n) is 4.92. The fourth-order valence-corrected chi connectivity index (χ4v) is 1.84. The van der Waals surface area contributed by atoms with Crippen molar-refractivity contribution in [3.8, 4) is 0 Å². The fourth-order valence-electron chi connectivity index (χ4n) is 1.84. The van der Waals surface area contributed by atoms with Crippen LogP contribution in [0.25, 0.3) is 10.8 Å². The van der Waals surface area contributed by atoms with Gasteiger partial charge in [0.05, 0.1) is 5.69 Å². The average molecular weight is 186 g/mol. The third-order valence-electron chi connectivity index (χ3n) is 2.54. The highest BCUT2D eigenvalue weighted by molar-refractivity contribution is 5.85. The summed E-state index contributed by atoms with van der Waals surface area (Å²) in [4.78, 5) is 4.37. The molecule has 0 unspecified atom stereocenters. The van der Waals surface area contributed by atoms with E-state index < -0.39 is 0 Å². The van der Waals surface area contributed by atoms with Crippen molar-refractivity contribution in [3.63, 3.8) is 0 Å². The molecule has 1 aromatic heterocycles. The summed E-state index contributed by atoms with van der Waals surface area (Å²) in [5.74, 6) is 0. The molecule has 0 aliphatic heterocycles. The number of aromatic nitrogens is 1. The van der Waals surface area contributed by atoms with Gasteiger partial charge in [0.25, 0.3) is 0 Å². The van der Waals surface area contributed by atoms with Crippen LogP contribution in [0.5, 0.6) is 0 Å². The molecule has 2 rings (SSSR count). The van der Waals surface area contributed by atoms with Gasteiger partial charge in [-0.25, -0.2) is 0 Å². The van der Waals surface area contributed by atoms with Gasteiger partial charge in [-0.1, -0.05) is 31.2 Å². The molecule has 0 bridgehead atoms. The molecule has 0 fully saturated rings. The Kier molecular flexibility index (Phi) is 2.46. The topological polar surface area (TPSA) is 38.9 Å². The van der Waals surface area contributed by atoms with Gasteiger partial charge in [-0.15, -0.1) is 0 Å². The van der Waals surface area contributed by atoms with E-state index in [1.807, 2.05) is 12.3 Å². The first kappa shape index (κ1) is 9.16. The molecule has 0 atom stereocenters. The van der Waals surface area contributed by atoms with Crippen LogP contribution in [0.3, 0.4) is 0 Å². The SMILES string of the molecule is CCc1c(CN)ncc2ccccc12. The van der Waals surface area contributed by atoms with E-state index in [9.17, 15) is 0 Å². The molecule has 0 radical (unpaired) electrons. The van der Waals surface area contributed by atoms with Crippen LogP contribution in [0, 0.1) is 0 Å². The van der Waals surface area contributed by atoms with E-state index >= 15 is 0 Å². The van der Waals surface area contributed by atoms with Crippen LogP contribution < -0.4 is 5.73 Å². The van der Waals surface area contributed by atoms with Crippen LogP contribution in [0.15, 0.2) is 30.5 Å². The van der Waals surface area contributed by atoms with E-state index in [2.05, 4.69) is 30.1 Å². The molecule has 2 heteroatoms. The van der Waals surface area contributed by atoms with Crippen molar-refractivity contribution in [1.82, 2.24) is 4.98 Å². The molecule has 72 valence electrons. The van der Waals surface area contributed by atoms with Crippen LogP contribution in [-0.4, -0.2) is 4.98 Å². The van der Waals surface area contributed by atoms with E-state index in [1.54, 1.807) is 0 Å². The second-order valence-electron chi connectivity index (χ2n) is 3.33. The van der Waals surface area contributed by atoms with Crippen LogP contribution in [0.4, 0.5) is 0 Å². The molecule has 0 saturated heterocycles. The van der Waals surface area contributed by atoms with Crippen LogP contribution in [0.2, 0.25) is 0 Å². The van der Waals surface area contributed by atoms with Crippen LogP contribution >= 0.6 is 0 Å². The summed E-state index contributed by atoms with van der Waals surface area (Å²) < 4.78 is 0. The number of hydrogen-bond acceptors (Lipinski definition) is 2. The standard InChI is InChI=1S/C12H14N2/c1-2-10-11-6-4-3-5-9(11)8-14-12(10)7-13/h3-6,8H,2,7,13H2,1H3. The Labute approximate surface area is 83.8 Å². The van der Waals surface area contributed by atoms with Crippen molar-refractivity contribution in [2.24, 2.45) is 5.73 Å². The zero-order valence-corrected chi connectivity index (χ0v) is 8.33. The van der Waals surface area contributed by atoms with Crippen molar-refractivity contribution in [1.29, 1.82) is 0 Å². The van der Waals surface area contributed by atoms with Gasteiger partial charge < -0.3 is 5.73 Å². The van der Waals surface area contributed by atoms with Gasteiger partial charge in [0.15, 0.2) is 0 Å². The highest BCUT2D eigenvalue weighted by Crippen LogP contribution is 2.20. The highest BCUT2D eigenvalue weighted by atomic mass is 14.7. The quantitative estimate of drug-likeness (QED) is 0.781. The first-order chi connectivity index (χ1) is 6.86. The van der Waals surface area contributed by atoms with E-state index in [0.717, 1.165) is 12.1 Å². The highest BCUT2D eigenvalue weighted by Gasteiger charge is 2.04. The molecule has 0 spiro atoms. The lowest BCUT2D eigenvalue weighted by Gasteiger charge is -2.08. The average Bonchev–Trinajstić information content (AvgIpc) is 2.27. The van der Waals surface area contributed by atoms with Crippen molar-refractivity contribution < 1.29 is 0 Å². The number of fused-ring (bicyclic) bond motifs is 1. The minimum Gasteiger partial charge on any atom is -0.325 e. The van der Waals surface area contributed by atoms with Gasteiger partial charge in [0, 0.05) is 18.1 Å². The monoisotopic (exact) mass is 186 g/mol. The Hall–Kier alpha value is -1.41. The molecule has 0 aliphatic carbocycles. The minimum atomic E-state index is 0.522. The second-order valence-corrected chi connectivity index (χ2v) is 3.33. The number of nitrogens with two attached hydrogens (primary N) is 1. The van der Waals surface area contributed by atoms with E-state index in [1.165, 1.54) is 16.3 Å². The fraction of sp³-hybridized carbons (Fsp3) is 0.250. The third kappa shape index (κ3) is 1.38. The Bertz CT molecular complexity index is 449. The largest absolute Gasteiger partial charge is 0.325 e. The van der Waals surface area contributed by atoms with Crippen LogP contribution in [-0.2, 0) is 13.0 Å². The molecule has 2 nitrogen and oxygen atoms in total. The predicted octanol–water partition coefficient (Wildman–Crippen LogP) is 2.26. The maximum Gasteiger partial charge on any atom is 0.0577 e. The number of aryl methyl sites for hydroxylation is 1. The molecule has 2 N–H and O–H groups in total. The molecular weight excluding hydrogens is 172 g/mol. The maximum atomic E-state index is 5.65. The number of pyridine rings is 1. The third-order valence-corrected chi connectivity index (χ3v) is 2.54. The summed E-state index contributed by atoms with van der Waals surface area (Å²) in [6.45, 7) is 2.66. The molecular formula is C12H14N2. The Balaban J connectivity index is 2.77. The Morgan fingerprint density at radius 2 is 2.07 bits per heavy atom. The Morgan fingerprint density at radius 3 is 2.79 bits per heavy atom. The minimum absolute atomic E-state index is 0.522.